The Balaban J connectivity index is 0.00000289. The fourth-order valence-corrected chi connectivity index (χ4v) is 4.17. The molecule has 0 atom stereocenters. The summed E-state index contributed by atoms with van der Waals surface area (Å²) in [6.45, 7) is 4.46. The van der Waals surface area contributed by atoms with E-state index < -0.39 is 5.97 Å². The van der Waals surface area contributed by atoms with Crippen LogP contribution in [0.3, 0.4) is 0 Å². The number of carbonyl (C=O) groups excluding carboxylic acids is 1. The molecule has 0 bridgehead atoms. The molecular formula is C24H24N8NaO2+. The van der Waals surface area contributed by atoms with Crippen molar-refractivity contribution >= 4 is 11.6 Å². The van der Waals surface area contributed by atoms with Crippen LogP contribution in [0.25, 0.3) is 28.2 Å². The fraction of sp³-hybridized carbons (Fsp3) is 0.250. The monoisotopic (exact) mass is 479 g/mol. The first kappa shape index (κ1) is 24.8. The van der Waals surface area contributed by atoms with Gasteiger partial charge in [0.05, 0.1) is 13.7 Å². The van der Waals surface area contributed by atoms with E-state index in [1.165, 1.54) is 7.11 Å². The average molecular weight is 480 g/mol. The van der Waals surface area contributed by atoms with Crippen molar-refractivity contribution in [3.63, 3.8) is 0 Å². The van der Waals surface area contributed by atoms with Crippen LogP contribution in [0.4, 0.5) is 0 Å². The van der Waals surface area contributed by atoms with Gasteiger partial charge in [0.1, 0.15) is 0 Å². The summed E-state index contributed by atoms with van der Waals surface area (Å²) in [4.78, 5) is 17.3. The van der Waals surface area contributed by atoms with Crippen molar-refractivity contribution in [1.29, 1.82) is 0 Å². The number of hydrogen-bond donors (Lipinski definition) is 1. The smallest absolute Gasteiger partial charge is 0.464 e. The summed E-state index contributed by atoms with van der Waals surface area (Å²) >= 11 is 0. The number of hydrogen-bond acceptors (Lipinski definition) is 7. The van der Waals surface area contributed by atoms with Crippen LogP contribution in [-0.4, -0.2) is 53.1 Å². The van der Waals surface area contributed by atoms with Crippen molar-refractivity contribution in [1.82, 2.24) is 40.0 Å². The van der Waals surface area contributed by atoms with Crippen molar-refractivity contribution in [2.24, 2.45) is 0 Å². The van der Waals surface area contributed by atoms with E-state index in [-0.39, 0.29) is 29.6 Å². The van der Waals surface area contributed by atoms with Crippen LogP contribution in [0.1, 0.15) is 41.3 Å². The third-order valence-corrected chi connectivity index (χ3v) is 5.84. The third-order valence-electron chi connectivity index (χ3n) is 5.84. The summed E-state index contributed by atoms with van der Waals surface area (Å²) in [6.07, 6.45) is 1.36. The van der Waals surface area contributed by atoms with Gasteiger partial charge in [-0.05, 0) is 28.3 Å². The Morgan fingerprint density at radius 1 is 1.03 bits per heavy atom. The quantitative estimate of drug-likeness (QED) is 0.264. The zero-order valence-corrected chi connectivity index (χ0v) is 22.2. The summed E-state index contributed by atoms with van der Waals surface area (Å²) < 4.78 is 8.66. The second-order valence-corrected chi connectivity index (χ2v) is 7.80. The Hall–Kier alpha value is -3.34. The van der Waals surface area contributed by atoms with Gasteiger partial charge in [-0.25, -0.2) is 9.78 Å². The number of H-pyrrole nitrogens is 1. The molecule has 172 valence electrons. The van der Waals surface area contributed by atoms with E-state index in [9.17, 15) is 4.79 Å². The minimum absolute atomic E-state index is 0. The normalized spacial score (nSPS) is 10.9. The summed E-state index contributed by atoms with van der Waals surface area (Å²) in [5.41, 5.74) is 5.96. The Morgan fingerprint density at radius 2 is 1.77 bits per heavy atom. The number of rotatable bonds is 7. The number of carbonyl (C=O) groups is 1. The molecule has 0 aliphatic carbocycles. The number of aromatic amines is 1. The number of esters is 1. The molecule has 1 N–H and O–H groups in total. The molecule has 0 aliphatic rings. The summed E-state index contributed by atoms with van der Waals surface area (Å²) in [6, 6.07) is 16.1. The molecule has 0 amide bonds. The van der Waals surface area contributed by atoms with Gasteiger partial charge < -0.3 is 4.74 Å². The van der Waals surface area contributed by atoms with Crippen LogP contribution < -0.4 is 29.6 Å². The minimum atomic E-state index is -0.396. The molecule has 5 rings (SSSR count). The van der Waals surface area contributed by atoms with Gasteiger partial charge in [-0.3, -0.25) is 4.68 Å². The van der Waals surface area contributed by atoms with E-state index in [0.29, 0.717) is 36.6 Å². The van der Waals surface area contributed by atoms with E-state index in [1.54, 1.807) is 4.63 Å². The van der Waals surface area contributed by atoms with Crippen LogP contribution in [0.5, 0.6) is 0 Å². The van der Waals surface area contributed by atoms with Gasteiger partial charge >= 0.3 is 35.5 Å². The number of tetrazole rings is 1. The van der Waals surface area contributed by atoms with Crippen molar-refractivity contribution in [3.05, 3.63) is 71.2 Å². The first-order valence-corrected chi connectivity index (χ1v) is 11.1. The van der Waals surface area contributed by atoms with E-state index in [4.69, 9.17) is 4.74 Å². The Kier molecular flexibility index (Phi) is 7.44. The maximum Gasteiger partial charge on any atom is 1.00 e. The van der Waals surface area contributed by atoms with Gasteiger partial charge in [0.25, 0.3) is 0 Å². The second kappa shape index (κ2) is 10.5. The molecule has 35 heavy (non-hydrogen) atoms. The zero-order valence-electron chi connectivity index (χ0n) is 20.2. The summed E-state index contributed by atoms with van der Waals surface area (Å²) in [7, 11) is 1.39. The van der Waals surface area contributed by atoms with Gasteiger partial charge in [0.2, 0.25) is 5.82 Å². The molecular weight excluding hydrogens is 455 g/mol. The Labute approximate surface area is 224 Å². The molecule has 0 saturated heterocycles. The molecule has 2 aromatic carbocycles. The number of aryl methyl sites for hydroxylation is 2. The predicted octanol–water partition coefficient (Wildman–Crippen LogP) is 0.342. The largest absolute Gasteiger partial charge is 1.00 e. The number of fused-ring (bicyclic) bond motifs is 1. The summed E-state index contributed by atoms with van der Waals surface area (Å²) in [5.74, 6) is 0.887. The van der Waals surface area contributed by atoms with E-state index >= 15 is 0 Å². The maximum atomic E-state index is 12.7. The third kappa shape index (κ3) is 4.52. The molecule has 5 aromatic rings. The standard InChI is InChI=1S/C24H24N8O2.Na/c1-4-17-21(24(33)34-3)31(32-23(17)25-20(5-2)28-32)14-15-10-12-16(13-11-15)18-8-6-7-9-19(18)22-26-29-30-27-22;/h6-13H,4-5,14H2,1-3H3,(H,26,27,29,30);/q;+1. The van der Waals surface area contributed by atoms with Gasteiger partial charge in [-0.15, -0.1) is 15.3 Å². The SMILES string of the molecule is CCc1nc2c(CC)c(C(=O)OC)n(Cc3ccc(-c4ccccc4-c4nn[nH]n4)cc3)n2n1.[Na+]. The van der Waals surface area contributed by atoms with Gasteiger partial charge in [0.15, 0.2) is 17.2 Å². The molecule has 0 fully saturated rings. The first-order chi connectivity index (χ1) is 16.6. The van der Waals surface area contributed by atoms with Gasteiger partial charge in [-0.1, -0.05) is 62.4 Å². The first-order valence-electron chi connectivity index (χ1n) is 11.1. The zero-order chi connectivity index (χ0) is 23.7. The Morgan fingerprint density at radius 3 is 2.40 bits per heavy atom. The number of aromatic nitrogens is 8. The van der Waals surface area contributed by atoms with Gasteiger partial charge in [0, 0.05) is 17.5 Å². The van der Waals surface area contributed by atoms with E-state index in [1.807, 2.05) is 67.1 Å². The maximum absolute atomic E-state index is 12.7. The van der Waals surface area contributed by atoms with Crippen LogP contribution >= 0.6 is 0 Å². The van der Waals surface area contributed by atoms with Crippen molar-refractivity contribution in [3.8, 4) is 22.5 Å². The number of nitrogens with zero attached hydrogens (tertiary/aromatic N) is 7. The fourth-order valence-electron chi connectivity index (χ4n) is 4.17. The number of nitrogens with one attached hydrogen (secondary N) is 1. The number of benzene rings is 2. The van der Waals surface area contributed by atoms with Crippen LogP contribution in [-0.2, 0) is 24.1 Å². The molecule has 0 spiro atoms. The number of methoxy groups -OCH3 is 1. The topological polar surface area (TPSA) is 116 Å². The molecule has 10 nitrogen and oxygen atoms in total. The molecule has 3 heterocycles. The van der Waals surface area contributed by atoms with Crippen molar-refractivity contribution < 1.29 is 39.1 Å². The molecule has 11 heteroatoms. The molecule has 3 aromatic heterocycles. The molecule has 0 radical (unpaired) electrons. The van der Waals surface area contributed by atoms with Crippen molar-refractivity contribution in [2.45, 2.75) is 33.2 Å². The average Bonchev–Trinajstić information content (AvgIpc) is 3.61. The molecule has 0 aliphatic heterocycles. The predicted molar refractivity (Wildman–Crippen MR) is 125 cm³/mol. The van der Waals surface area contributed by atoms with Gasteiger partial charge in [-0.2, -0.15) is 9.84 Å². The van der Waals surface area contributed by atoms with Crippen molar-refractivity contribution in [2.75, 3.05) is 7.11 Å². The summed E-state index contributed by atoms with van der Waals surface area (Å²) in [5, 5.41) is 19.0. The van der Waals surface area contributed by atoms with Crippen LogP contribution in [0.15, 0.2) is 48.5 Å². The van der Waals surface area contributed by atoms with Crippen LogP contribution in [0.2, 0.25) is 0 Å². The van der Waals surface area contributed by atoms with Crippen LogP contribution in [0, 0.1) is 0 Å². The van der Waals surface area contributed by atoms with E-state index in [2.05, 4.69) is 30.7 Å². The molecule has 0 saturated carbocycles. The number of ether oxygens (including phenoxy) is 1. The second-order valence-electron chi connectivity index (χ2n) is 7.80. The Bertz CT molecular complexity index is 1460. The minimum Gasteiger partial charge on any atom is -0.464 e. The van der Waals surface area contributed by atoms with E-state index in [0.717, 1.165) is 33.6 Å². The molecule has 0 unspecified atom stereocenters.